The van der Waals surface area contributed by atoms with Crippen LogP contribution in [0.25, 0.3) is 11.4 Å². The van der Waals surface area contributed by atoms with E-state index in [4.69, 9.17) is 18.7 Å². The molecule has 0 radical (unpaired) electrons. The Labute approximate surface area is 207 Å². The molecule has 0 N–H and O–H groups in total. The van der Waals surface area contributed by atoms with Crippen molar-refractivity contribution in [2.45, 2.75) is 26.4 Å². The van der Waals surface area contributed by atoms with Gasteiger partial charge in [0.05, 0.1) is 26.9 Å². The number of methoxy groups -OCH3 is 3. The summed E-state index contributed by atoms with van der Waals surface area (Å²) in [5.74, 6) is 1.66. The van der Waals surface area contributed by atoms with E-state index in [1.54, 1.807) is 17.0 Å². The van der Waals surface area contributed by atoms with Gasteiger partial charge in [0.1, 0.15) is 0 Å². The second-order valence-corrected chi connectivity index (χ2v) is 8.40. The number of amides is 1. The quantitative estimate of drug-likeness (QED) is 0.376. The molecule has 1 heterocycles. The average Bonchev–Trinajstić information content (AvgIpc) is 3.33. The van der Waals surface area contributed by atoms with Crippen molar-refractivity contribution in [1.29, 1.82) is 0 Å². The lowest BCUT2D eigenvalue weighted by atomic mass is 10.1. The van der Waals surface area contributed by atoms with Crippen molar-refractivity contribution in [1.82, 2.24) is 15.0 Å². The van der Waals surface area contributed by atoms with E-state index in [0.717, 1.165) is 12.1 Å². The molecule has 2 aromatic carbocycles. The molecule has 0 bridgehead atoms. The minimum Gasteiger partial charge on any atom is -0.493 e. The van der Waals surface area contributed by atoms with Crippen LogP contribution < -0.4 is 14.2 Å². The van der Waals surface area contributed by atoms with Crippen LogP contribution in [0.3, 0.4) is 0 Å². The minimum atomic E-state index is -4.47. The SMILES string of the molecule is COc1cc(-c2noc(CCN(CC(C)C)C(=O)c3ccc(C(F)(F)F)cc3)n2)cc(OC)c1OC. The van der Waals surface area contributed by atoms with E-state index < -0.39 is 11.7 Å². The maximum absolute atomic E-state index is 13.0. The van der Waals surface area contributed by atoms with Crippen LogP contribution >= 0.6 is 0 Å². The summed E-state index contributed by atoms with van der Waals surface area (Å²) in [5, 5.41) is 4.02. The lowest BCUT2D eigenvalue weighted by molar-refractivity contribution is -0.137. The highest BCUT2D eigenvalue weighted by Crippen LogP contribution is 2.40. The molecule has 0 spiro atoms. The van der Waals surface area contributed by atoms with Gasteiger partial charge in [0.15, 0.2) is 11.5 Å². The summed E-state index contributed by atoms with van der Waals surface area (Å²) in [6.45, 7) is 4.55. The van der Waals surface area contributed by atoms with Gasteiger partial charge in [0, 0.05) is 30.6 Å². The van der Waals surface area contributed by atoms with Crippen LogP contribution in [0.5, 0.6) is 17.2 Å². The molecule has 11 heteroatoms. The van der Waals surface area contributed by atoms with E-state index >= 15 is 0 Å². The molecule has 0 unspecified atom stereocenters. The number of aromatic nitrogens is 2. The standard InChI is InChI=1S/C25H28F3N3O5/c1-15(2)14-31(24(32)16-6-8-18(9-7-16)25(26,27)28)11-10-21-29-23(30-36-21)17-12-19(33-3)22(35-5)20(13-17)34-4/h6-9,12-13,15H,10-11,14H2,1-5H3. The van der Waals surface area contributed by atoms with Crippen LogP contribution in [0, 0.1) is 5.92 Å². The van der Waals surface area contributed by atoms with Gasteiger partial charge in [0.2, 0.25) is 17.5 Å². The highest BCUT2D eigenvalue weighted by atomic mass is 19.4. The van der Waals surface area contributed by atoms with Crippen molar-refractivity contribution < 1.29 is 36.7 Å². The van der Waals surface area contributed by atoms with Crippen molar-refractivity contribution in [3.05, 3.63) is 53.4 Å². The number of nitrogens with zero attached hydrogens (tertiary/aromatic N) is 3. The van der Waals surface area contributed by atoms with E-state index in [0.29, 0.717) is 41.1 Å². The number of hydrogen-bond donors (Lipinski definition) is 0. The maximum Gasteiger partial charge on any atom is 0.416 e. The Hall–Kier alpha value is -3.76. The summed E-state index contributed by atoms with van der Waals surface area (Å²) in [5.41, 5.74) is -0.0497. The monoisotopic (exact) mass is 507 g/mol. The molecule has 1 amide bonds. The van der Waals surface area contributed by atoms with Crippen LogP contribution in [0.1, 0.15) is 35.7 Å². The number of carbonyl (C=O) groups excluding carboxylic acids is 1. The van der Waals surface area contributed by atoms with Crippen molar-refractivity contribution in [3.63, 3.8) is 0 Å². The van der Waals surface area contributed by atoms with Gasteiger partial charge in [-0.25, -0.2) is 0 Å². The molecule has 1 aromatic heterocycles. The summed E-state index contributed by atoms with van der Waals surface area (Å²) >= 11 is 0. The molecular weight excluding hydrogens is 479 g/mol. The van der Waals surface area contributed by atoms with E-state index in [1.807, 2.05) is 13.8 Å². The van der Waals surface area contributed by atoms with Gasteiger partial charge in [-0.2, -0.15) is 18.2 Å². The molecule has 3 rings (SSSR count). The average molecular weight is 508 g/mol. The van der Waals surface area contributed by atoms with Crippen LogP contribution in [-0.2, 0) is 12.6 Å². The molecule has 194 valence electrons. The van der Waals surface area contributed by atoms with E-state index in [1.165, 1.54) is 33.5 Å². The topological polar surface area (TPSA) is 86.9 Å². The Bertz CT molecular complexity index is 1150. The van der Waals surface area contributed by atoms with E-state index in [2.05, 4.69) is 10.1 Å². The molecular formula is C25H28F3N3O5. The van der Waals surface area contributed by atoms with Crippen LogP contribution in [-0.4, -0.2) is 55.4 Å². The van der Waals surface area contributed by atoms with Gasteiger partial charge in [-0.15, -0.1) is 0 Å². The molecule has 0 fully saturated rings. The number of alkyl halides is 3. The second kappa shape index (κ2) is 11.3. The Balaban J connectivity index is 1.77. The maximum atomic E-state index is 13.0. The molecule has 0 saturated carbocycles. The van der Waals surface area contributed by atoms with Crippen molar-refractivity contribution in [2.75, 3.05) is 34.4 Å². The Morgan fingerprint density at radius 3 is 2.14 bits per heavy atom. The number of benzene rings is 2. The first-order valence-electron chi connectivity index (χ1n) is 11.2. The van der Waals surface area contributed by atoms with Crippen LogP contribution in [0.4, 0.5) is 13.2 Å². The summed E-state index contributed by atoms with van der Waals surface area (Å²) in [7, 11) is 4.50. The molecule has 0 aliphatic rings. The summed E-state index contributed by atoms with van der Waals surface area (Å²) in [6.07, 6.45) is -4.21. The second-order valence-electron chi connectivity index (χ2n) is 8.40. The minimum absolute atomic E-state index is 0.140. The summed E-state index contributed by atoms with van der Waals surface area (Å²) in [4.78, 5) is 19.0. The van der Waals surface area contributed by atoms with Crippen molar-refractivity contribution >= 4 is 5.91 Å². The van der Waals surface area contributed by atoms with E-state index in [9.17, 15) is 18.0 Å². The largest absolute Gasteiger partial charge is 0.493 e. The third-order valence-corrected chi connectivity index (χ3v) is 5.32. The molecule has 0 atom stereocenters. The fraction of sp³-hybridized carbons (Fsp3) is 0.400. The number of rotatable bonds is 10. The number of ether oxygens (including phenoxy) is 3. The number of halogens is 3. The Kier molecular flexibility index (Phi) is 8.44. The third-order valence-electron chi connectivity index (χ3n) is 5.32. The van der Waals surface area contributed by atoms with Gasteiger partial charge in [-0.05, 0) is 42.3 Å². The van der Waals surface area contributed by atoms with Gasteiger partial charge < -0.3 is 23.6 Å². The lowest BCUT2D eigenvalue weighted by Gasteiger charge is -2.24. The summed E-state index contributed by atoms with van der Waals surface area (Å²) < 4.78 is 60.0. The molecule has 8 nitrogen and oxygen atoms in total. The first kappa shape index (κ1) is 26.8. The Morgan fingerprint density at radius 1 is 1.03 bits per heavy atom. The van der Waals surface area contributed by atoms with Gasteiger partial charge in [-0.1, -0.05) is 19.0 Å². The Morgan fingerprint density at radius 2 is 1.64 bits per heavy atom. The fourth-order valence-electron chi connectivity index (χ4n) is 3.62. The lowest BCUT2D eigenvalue weighted by Crippen LogP contribution is -2.36. The first-order chi connectivity index (χ1) is 17.1. The predicted octanol–water partition coefficient (Wildman–Crippen LogP) is 5.12. The fourth-order valence-corrected chi connectivity index (χ4v) is 3.62. The molecule has 3 aromatic rings. The van der Waals surface area contributed by atoms with Gasteiger partial charge in [0.25, 0.3) is 5.91 Å². The van der Waals surface area contributed by atoms with E-state index in [-0.39, 0.29) is 30.4 Å². The highest BCUT2D eigenvalue weighted by molar-refractivity contribution is 5.94. The van der Waals surface area contributed by atoms with Crippen molar-refractivity contribution in [2.24, 2.45) is 5.92 Å². The zero-order valence-corrected chi connectivity index (χ0v) is 20.7. The molecule has 36 heavy (non-hydrogen) atoms. The first-order valence-corrected chi connectivity index (χ1v) is 11.2. The third kappa shape index (κ3) is 6.27. The zero-order valence-electron chi connectivity index (χ0n) is 20.7. The highest BCUT2D eigenvalue weighted by Gasteiger charge is 2.30. The predicted molar refractivity (Wildman–Crippen MR) is 125 cm³/mol. The van der Waals surface area contributed by atoms with Crippen LogP contribution in [0.2, 0.25) is 0 Å². The smallest absolute Gasteiger partial charge is 0.416 e. The molecule has 0 aliphatic carbocycles. The molecule has 0 aliphatic heterocycles. The van der Waals surface area contributed by atoms with Crippen LogP contribution in [0.15, 0.2) is 40.9 Å². The number of hydrogen-bond acceptors (Lipinski definition) is 7. The normalized spacial score (nSPS) is 11.5. The zero-order chi connectivity index (χ0) is 26.5. The van der Waals surface area contributed by atoms with Crippen molar-refractivity contribution in [3.8, 4) is 28.6 Å². The van der Waals surface area contributed by atoms with Gasteiger partial charge in [-0.3, -0.25) is 4.79 Å². The number of carbonyl (C=O) groups is 1. The summed E-state index contributed by atoms with van der Waals surface area (Å²) in [6, 6.07) is 7.57. The van der Waals surface area contributed by atoms with Gasteiger partial charge >= 0.3 is 6.18 Å². The molecule has 0 saturated heterocycles.